The summed E-state index contributed by atoms with van der Waals surface area (Å²) in [7, 11) is 1.68. The molecule has 122 valence electrons. The maximum Gasteiger partial charge on any atom is 0.0701 e. The molecule has 0 spiro atoms. The van der Waals surface area contributed by atoms with Crippen molar-refractivity contribution >= 4 is 0 Å². The van der Waals surface area contributed by atoms with Gasteiger partial charge < -0.3 is 19.5 Å². The summed E-state index contributed by atoms with van der Waals surface area (Å²) in [6.07, 6.45) is 1.07. The van der Waals surface area contributed by atoms with Crippen molar-refractivity contribution in [2.24, 2.45) is 11.3 Å². The highest BCUT2D eigenvalue weighted by Gasteiger charge is 2.27. The zero-order chi connectivity index (χ0) is 15.4. The molecule has 0 bridgehead atoms. The van der Waals surface area contributed by atoms with Crippen molar-refractivity contribution in [2.45, 2.75) is 47.1 Å². The van der Waals surface area contributed by atoms with Crippen molar-refractivity contribution in [2.75, 3.05) is 46.7 Å². The van der Waals surface area contributed by atoms with Crippen LogP contribution in [0.25, 0.3) is 0 Å². The first-order valence-corrected chi connectivity index (χ1v) is 7.80. The van der Waals surface area contributed by atoms with E-state index >= 15 is 0 Å². The van der Waals surface area contributed by atoms with Gasteiger partial charge in [0.05, 0.1) is 26.4 Å². The van der Waals surface area contributed by atoms with Gasteiger partial charge in [-0.2, -0.15) is 0 Å². The summed E-state index contributed by atoms with van der Waals surface area (Å²) in [6, 6.07) is 0.531. The smallest absolute Gasteiger partial charge is 0.0701 e. The Labute approximate surface area is 125 Å². The monoisotopic (exact) mass is 289 g/mol. The first-order chi connectivity index (χ1) is 9.42. The van der Waals surface area contributed by atoms with Gasteiger partial charge >= 0.3 is 0 Å². The Bertz CT molecular complexity index is 222. The van der Waals surface area contributed by atoms with Gasteiger partial charge in [-0.3, -0.25) is 0 Å². The molecule has 0 saturated heterocycles. The van der Waals surface area contributed by atoms with Crippen LogP contribution in [-0.4, -0.2) is 52.7 Å². The van der Waals surface area contributed by atoms with Crippen molar-refractivity contribution in [1.29, 1.82) is 0 Å². The van der Waals surface area contributed by atoms with Crippen LogP contribution >= 0.6 is 0 Å². The molecule has 1 atom stereocenters. The average Bonchev–Trinajstić information content (AvgIpc) is 2.39. The molecule has 0 aliphatic heterocycles. The predicted octanol–water partition coefficient (Wildman–Crippen LogP) is 2.72. The molecule has 0 fully saturated rings. The highest BCUT2D eigenvalue weighted by atomic mass is 16.5. The first-order valence-electron chi connectivity index (χ1n) is 7.80. The SMILES string of the molecule is COCCOCCOCCC(C)(CNC(C)C)C(C)C. The van der Waals surface area contributed by atoms with Gasteiger partial charge in [-0.05, 0) is 17.8 Å². The third-order valence-electron chi connectivity index (χ3n) is 3.93. The van der Waals surface area contributed by atoms with Crippen LogP contribution in [0.5, 0.6) is 0 Å². The van der Waals surface area contributed by atoms with Crippen LogP contribution in [0.1, 0.15) is 41.0 Å². The quantitative estimate of drug-likeness (QED) is 0.529. The van der Waals surface area contributed by atoms with Gasteiger partial charge in [0, 0.05) is 26.3 Å². The highest BCUT2D eigenvalue weighted by Crippen LogP contribution is 2.30. The van der Waals surface area contributed by atoms with Crippen LogP contribution in [0, 0.1) is 11.3 Å². The van der Waals surface area contributed by atoms with E-state index < -0.39 is 0 Å². The summed E-state index contributed by atoms with van der Waals surface area (Å²) in [5.41, 5.74) is 0.279. The molecule has 0 aliphatic rings. The van der Waals surface area contributed by atoms with E-state index in [1.54, 1.807) is 7.11 Å². The number of hydrogen-bond acceptors (Lipinski definition) is 4. The van der Waals surface area contributed by atoms with E-state index in [2.05, 4.69) is 39.9 Å². The lowest BCUT2D eigenvalue weighted by atomic mass is 9.76. The molecule has 0 aromatic rings. The molecule has 0 radical (unpaired) electrons. The molecule has 0 aromatic heterocycles. The number of rotatable bonds is 13. The van der Waals surface area contributed by atoms with Crippen LogP contribution in [0.15, 0.2) is 0 Å². The molecular formula is C16H35NO3. The summed E-state index contributed by atoms with van der Waals surface area (Å²) < 4.78 is 16.0. The predicted molar refractivity (Wildman–Crippen MR) is 84.2 cm³/mol. The lowest BCUT2D eigenvalue weighted by Gasteiger charge is -2.35. The summed E-state index contributed by atoms with van der Waals surface area (Å²) in [6.45, 7) is 15.7. The topological polar surface area (TPSA) is 39.7 Å². The minimum Gasteiger partial charge on any atom is -0.382 e. The average molecular weight is 289 g/mol. The van der Waals surface area contributed by atoms with Gasteiger partial charge in [0.25, 0.3) is 0 Å². The maximum absolute atomic E-state index is 5.67. The van der Waals surface area contributed by atoms with Gasteiger partial charge in [0.2, 0.25) is 0 Å². The summed E-state index contributed by atoms with van der Waals surface area (Å²) in [5.74, 6) is 0.635. The Morgan fingerprint density at radius 1 is 0.900 bits per heavy atom. The minimum atomic E-state index is 0.279. The highest BCUT2D eigenvalue weighted by molar-refractivity contribution is 4.80. The van der Waals surface area contributed by atoms with Crippen LogP contribution in [0.4, 0.5) is 0 Å². The minimum absolute atomic E-state index is 0.279. The Hall–Kier alpha value is -0.160. The lowest BCUT2D eigenvalue weighted by molar-refractivity contribution is 0.0135. The second-order valence-corrected chi connectivity index (χ2v) is 6.31. The normalized spacial score (nSPS) is 15.0. The Morgan fingerprint density at radius 3 is 1.95 bits per heavy atom. The van der Waals surface area contributed by atoms with E-state index in [-0.39, 0.29) is 5.41 Å². The van der Waals surface area contributed by atoms with Crippen molar-refractivity contribution in [1.82, 2.24) is 5.32 Å². The zero-order valence-corrected chi connectivity index (χ0v) is 14.3. The van der Waals surface area contributed by atoms with E-state index in [4.69, 9.17) is 14.2 Å². The van der Waals surface area contributed by atoms with Gasteiger partial charge in [0.1, 0.15) is 0 Å². The molecule has 0 amide bonds. The van der Waals surface area contributed by atoms with E-state index in [9.17, 15) is 0 Å². The third kappa shape index (κ3) is 9.70. The first kappa shape index (κ1) is 19.8. The van der Waals surface area contributed by atoms with E-state index in [1.165, 1.54) is 0 Å². The van der Waals surface area contributed by atoms with Gasteiger partial charge in [-0.25, -0.2) is 0 Å². The number of nitrogens with one attached hydrogen (secondary N) is 1. The summed E-state index contributed by atoms with van der Waals surface area (Å²) in [5, 5.41) is 3.55. The van der Waals surface area contributed by atoms with E-state index in [1.807, 2.05) is 0 Å². The molecule has 20 heavy (non-hydrogen) atoms. The largest absolute Gasteiger partial charge is 0.382 e. The molecule has 0 heterocycles. The molecule has 0 aromatic carbocycles. The van der Waals surface area contributed by atoms with Crippen LogP contribution in [-0.2, 0) is 14.2 Å². The summed E-state index contributed by atoms with van der Waals surface area (Å²) in [4.78, 5) is 0. The zero-order valence-electron chi connectivity index (χ0n) is 14.3. The van der Waals surface area contributed by atoms with E-state index in [0.29, 0.717) is 38.4 Å². The van der Waals surface area contributed by atoms with Gasteiger partial charge in [-0.1, -0.05) is 34.6 Å². The fourth-order valence-electron chi connectivity index (χ4n) is 1.79. The molecule has 0 rings (SSSR count). The molecule has 4 nitrogen and oxygen atoms in total. The van der Waals surface area contributed by atoms with Crippen molar-refractivity contribution in [3.05, 3.63) is 0 Å². The fraction of sp³-hybridized carbons (Fsp3) is 1.00. The molecule has 1 unspecified atom stereocenters. The summed E-state index contributed by atoms with van der Waals surface area (Å²) >= 11 is 0. The standard InChI is InChI=1S/C16H35NO3/c1-14(2)16(5,13-17-15(3)4)7-8-19-11-12-20-10-9-18-6/h14-15,17H,7-13H2,1-6H3. The fourth-order valence-corrected chi connectivity index (χ4v) is 1.79. The van der Waals surface area contributed by atoms with Crippen molar-refractivity contribution in [3.63, 3.8) is 0 Å². The number of hydrogen-bond donors (Lipinski definition) is 1. The van der Waals surface area contributed by atoms with Gasteiger partial charge in [0.15, 0.2) is 0 Å². The second-order valence-electron chi connectivity index (χ2n) is 6.31. The molecular weight excluding hydrogens is 254 g/mol. The van der Waals surface area contributed by atoms with E-state index in [0.717, 1.165) is 19.6 Å². The van der Waals surface area contributed by atoms with Crippen LogP contribution in [0.3, 0.4) is 0 Å². The van der Waals surface area contributed by atoms with Gasteiger partial charge in [-0.15, -0.1) is 0 Å². The Kier molecular flexibility index (Phi) is 11.4. The molecule has 1 N–H and O–H groups in total. The number of ether oxygens (including phenoxy) is 3. The number of methoxy groups -OCH3 is 1. The second kappa shape index (κ2) is 11.5. The Balaban J connectivity index is 3.75. The third-order valence-corrected chi connectivity index (χ3v) is 3.93. The maximum atomic E-state index is 5.67. The lowest BCUT2D eigenvalue weighted by Crippen LogP contribution is -2.39. The Morgan fingerprint density at radius 2 is 1.45 bits per heavy atom. The van der Waals surface area contributed by atoms with Crippen molar-refractivity contribution < 1.29 is 14.2 Å². The van der Waals surface area contributed by atoms with Crippen LogP contribution in [0.2, 0.25) is 0 Å². The van der Waals surface area contributed by atoms with Crippen molar-refractivity contribution in [3.8, 4) is 0 Å². The molecule has 0 aliphatic carbocycles. The van der Waals surface area contributed by atoms with Crippen LogP contribution < -0.4 is 5.32 Å². The molecule has 4 heteroatoms. The molecule has 0 saturated carbocycles.